The van der Waals surface area contributed by atoms with E-state index in [-0.39, 0.29) is 18.2 Å². The summed E-state index contributed by atoms with van der Waals surface area (Å²) in [6.07, 6.45) is 8.49. The Balaban J connectivity index is 1.38. The van der Waals surface area contributed by atoms with Crippen LogP contribution in [0.3, 0.4) is 0 Å². The molecule has 6 nitrogen and oxygen atoms in total. The van der Waals surface area contributed by atoms with Crippen LogP contribution in [-0.4, -0.2) is 24.5 Å². The third-order valence-corrected chi connectivity index (χ3v) is 6.64. The van der Waals surface area contributed by atoms with E-state index in [1.165, 1.54) is 24.8 Å². The summed E-state index contributed by atoms with van der Waals surface area (Å²) in [6.45, 7) is 2.21. The summed E-state index contributed by atoms with van der Waals surface area (Å²) >= 11 is 0. The summed E-state index contributed by atoms with van der Waals surface area (Å²) in [4.78, 5) is 13.4. The second-order valence-electron chi connectivity index (χ2n) is 8.74. The number of amides is 1. The van der Waals surface area contributed by atoms with Gasteiger partial charge in [0.2, 0.25) is 6.79 Å². The zero-order valence-electron chi connectivity index (χ0n) is 17.2. The first-order valence-electron chi connectivity index (χ1n) is 10.7. The van der Waals surface area contributed by atoms with Crippen LogP contribution in [-0.2, 0) is 16.8 Å². The number of nitrogens with one attached hydrogen (secondary N) is 2. The van der Waals surface area contributed by atoms with Crippen LogP contribution in [0, 0.1) is 0 Å². The van der Waals surface area contributed by atoms with E-state index in [0.29, 0.717) is 5.75 Å². The van der Waals surface area contributed by atoms with Gasteiger partial charge in [-0.2, -0.15) is 5.10 Å². The number of carbonyl (C=O) groups excluding carboxylic acids is 1. The van der Waals surface area contributed by atoms with Crippen LogP contribution in [0.15, 0.2) is 47.6 Å². The van der Waals surface area contributed by atoms with Crippen LogP contribution in [0.25, 0.3) is 0 Å². The second-order valence-corrected chi connectivity index (χ2v) is 8.74. The highest BCUT2D eigenvalue weighted by Crippen LogP contribution is 2.41. The topological polar surface area (TPSA) is 72.0 Å². The molecule has 1 fully saturated rings. The Hall–Kier alpha value is -2.86. The molecule has 0 radical (unpaired) electrons. The summed E-state index contributed by atoms with van der Waals surface area (Å²) in [5.41, 5.74) is 5.07. The number of fused-ring (bicyclic) bond motifs is 2. The lowest BCUT2D eigenvalue weighted by Crippen LogP contribution is -2.65. The Morgan fingerprint density at radius 3 is 2.77 bits per heavy atom. The molecule has 6 heteroatoms. The lowest BCUT2D eigenvalue weighted by molar-refractivity contribution is -0.129. The van der Waals surface area contributed by atoms with Gasteiger partial charge in [-0.25, -0.2) is 5.43 Å². The zero-order valence-corrected chi connectivity index (χ0v) is 17.2. The monoisotopic (exact) mass is 405 g/mol. The third-order valence-electron chi connectivity index (χ3n) is 6.64. The van der Waals surface area contributed by atoms with E-state index in [9.17, 15) is 4.79 Å². The Morgan fingerprint density at radius 1 is 1.10 bits per heavy atom. The van der Waals surface area contributed by atoms with Gasteiger partial charge in [0.15, 0.2) is 11.5 Å². The van der Waals surface area contributed by atoms with Crippen molar-refractivity contribution in [2.75, 3.05) is 6.79 Å². The molecule has 2 aromatic rings. The molecular weight excluding hydrogens is 378 g/mol. The molecule has 2 heterocycles. The minimum absolute atomic E-state index is 0.0142. The summed E-state index contributed by atoms with van der Waals surface area (Å²) < 4.78 is 10.7. The Labute approximate surface area is 176 Å². The first-order valence-corrected chi connectivity index (χ1v) is 10.7. The smallest absolute Gasteiger partial charge is 0.264 e. The number of ether oxygens (including phenoxy) is 2. The fraction of sp³-hybridized carbons (Fsp3) is 0.417. The minimum Gasteiger partial charge on any atom is -0.454 e. The SMILES string of the molecule is C[C@]1(C(=O)N/N=C\c2ccc3c(c2)OCO3)NC2(CCCCC2)Cc2ccccc21. The van der Waals surface area contributed by atoms with Gasteiger partial charge in [-0.05, 0) is 61.1 Å². The zero-order chi connectivity index (χ0) is 20.6. The third kappa shape index (κ3) is 3.35. The predicted octanol–water partition coefficient (Wildman–Crippen LogP) is 3.63. The highest BCUT2D eigenvalue weighted by atomic mass is 16.7. The summed E-state index contributed by atoms with van der Waals surface area (Å²) in [6, 6.07) is 13.9. The van der Waals surface area contributed by atoms with Gasteiger partial charge >= 0.3 is 0 Å². The van der Waals surface area contributed by atoms with Gasteiger partial charge in [0, 0.05) is 5.54 Å². The van der Waals surface area contributed by atoms with Gasteiger partial charge in [-0.3, -0.25) is 10.1 Å². The molecule has 1 amide bonds. The van der Waals surface area contributed by atoms with Crippen molar-refractivity contribution < 1.29 is 14.3 Å². The fourth-order valence-corrected chi connectivity index (χ4v) is 5.15. The van der Waals surface area contributed by atoms with Crippen molar-refractivity contribution in [2.24, 2.45) is 5.10 Å². The molecule has 1 atom stereocenters. The van der Waals surface area contributed by atoms with Crippen molar-refractivity contribution in [3.8, 4) is 11.5 Å². The van der Waals surface area contributed by atoms with E-state index in [4.69, 9.17) is 9.47 Å². The summed E-state index contributed by atoms with van der Waals surface area (Å²) in [5, 5.41) is 7.99. The van der Waals surface area contributed by atoms with Gasteiger partial charge < -0.3 is 9.47 Å². The Kier molecular flexibility index (Phi) is 4.74. The lowest BCUT2D eigenvalue weighted by Gasteiger charge is -2.49. The fourth-order valence-electron chi connectivity index (χ4n) is 5.15. The van der Waals surface area contributed by atoms with E-state index in [2.05, 4.69) is 34.0 Å². The average Bonchev–Trinajstić information content (AvgIpc) is 3.22. The van der Waals surface area contributed by atoms with E-state index in [0.717, 1.165) is 36.1 Å². The highest BCUT2D eigenvalue weighted by molar-refractivity contribution is 5.90. The van der Waals surface area contributed by atoms with Crippen molar-refractivity contribution >= 4 is 12.1 Å². The molecule has 0 unspecified atom stereocenters. The van der Waals surface area contributed by atoms with Gasteiger partial charge in [0.1, 0.15) is 5.54 Å². The van der Waals surface area contributed by atoms with Gasteiger partial charge in [0.25, 0.3) is 5.91 Å². The van der Waals surface area contributed by atoms with Crippen molar-refractivity contribution in [1.82, 2.24) is 10.7 Å². The molecule has 0 saturated heterocycles. The molecule has 0 aromatic heterocycles. The molecule has 0 bridgehead atoms. The number of benzene rings is 2. The van der Waals surface area contributed by atoms with Gasteiger partial charge in [-0.15, -0.1) is 0 Å². The predicted molar refractivity (Wildman–Crippen MR) is 115 cm³/mol. The van der Waals surface area contributed by atoms with E-state index in [1.54, 1.807) is 6.21 Å². The van der Waals surface area contributed by atoms with Crippen LogP contribution >= 0.6 is 0 Å². The number of nitrogens with zero attached hydrogens (tertiary/aromatic N) is 1. The van der Waals surface area contributed by atoms with E-state index >= 15 is 0 Å². The van der Waals surface area contributed by atoms with Gasteiger partial charge in [-0.1, -0.05) is 43.5 Å². The van der Waals surface area contributed by atoms with Crippen LogP contribution in [0.1, 0.15) is 55.7 Å². The Bertz CT molecular complexity index is 997. The van der Waals surface area contributed by atoms with E-state index in [1.807, 2.05) is 31.2 Å². The Morgan fingerprint density at radius 2 is 1.90 bits per heavy atom. The molecule has 2 aromatic carbocycles. The molecule has 1 saturated carbocycles. The molecule has 1 aliphatic carbocycles. The number of hydrazone groups is 1. The molecule has 5 rings (SSSR count). The number of rotatable bonds is 3. The highest BCUT2D eigenvalue weighted by Gasteiger charge is 2.48. The first kappa shape index (κ1) is 19.1. The van der Waals surface area contributed by atoms with Crippen LogP contribution < -0.4 is 20.2 Å². The number of carbonyl (C=O) groups is 1. The largest absolute Gasteiger partial charge is 0.454 e. The normalized spacial score (nSPS) is 24.0. The minimum atomic E-state index is -0.821. The van der Waals surface area contributed by atoms with Crippen LogP contribution in [0.4, 0.5) is 0 Å². The van der Waals surface area contributed by atoms with Crippen molar-refractivity contribution in [3.05, 3.63) is 59.2 Å². The van der Waals surface area contributed by atoms with Crippen LogP contribution in [0.2, 0.25) is 0 Å². The van der Waals surface area contributed by atoms with Crippen molar-refractivity contribution in [1.29, 1.82) is 0 Å². The average molecular weight is 405 g/mol. The lowest BCUT2D eigenvalue weighted by atomic mass is 9.69. The summed E-state index contributed by atoms with van der Waals surface area (Å²) in [5.74, 6) is 1.28. The molecule has 3 aliphatic rings. The molecule has 2 N–H and O–H groups in total. The molecule has 30 heavy (non-hydrogen) atoms. The van der Waals surface area contributed by atoms with Crippen molar-refractivity contribution in [2.45, 2.75) is 56.5 Å². The maximum Gasteiger partial charge on any atom is 0.264 e. The number of hydrogen-bond donors (Lipinski definition) is 2. The second kappa shape index (κ2) is 7.43. The maximum absolute atomic E-state index is 13.4. The number of hydrogen-bond acceptors (Lipinski definition) is 5. The molecule has 156 valence electrons. The quantitative estimate of drug-likeness (QED) is 0.604. The van der Waals surface area contributed by atoms with Gasteiger partial charge in [0.05, 0.1) is 6.21 Å². The van der Waals surface area contributed by atoms with E-state index < -0.39 is 5.54 Å². The molecule has 2 aliphatic heterocycles. The first-order chi connectivity index (χ1) is 14.6. The van der Waals surface area contributed by atoms with Crippen LogP contribution in [0.5, 0.6) is 11.5 Å². The van der Waals surface area contributed by atoms with Crippen molar-refractivity contribution in [3.63, 3.8) is 0 Å². The maximum atomic E-state index is 13.4. The molecule has 1 spiro atoms. The standard InChI is InChI=1S/C24H27N3O3/c1-23(22(28)26-25-15-17-9-10-20-21(13-17)30-16-29-20)19-8-4-3-7-18(19)14-24(27-23)11-5-2-6-12-24/h3-4,7-10,13,15,27H,2,5-6,11-12,14,16H2,1H3,(H,26,28)/b25-15-/t23-/m0/s1. The molecular formula is C24H27N3O3. The summed E-state index contributed by atoms with van der Waals surface area (Å²) in [7, 11) is 0.